The summed E-state index contributed by atoms with van der Waals surface area (Å²) in [6.45, 7) is 0. The number of benzene rings is 2. The van der Waals surface area contributed by atoms with Crippen LogP contribution in [-0.4, -0.2) is 11.8 Å². The van der Waals surface area contributed by atoms with E-state index in [9.17, 15) is 18.4 Å². The molecular formula is C17H13BrF2N2O2. The quantitative estimate of drug-likeness (QED) is 0.767. The minimum atomic E-state index is -1.14. The fourth-order valence-corrected chi connectivity index (χ4v) is 2.67. The molecule has 24 heavy (non-hydrogen) atoms. The number of anilines is 2. The second-order valence-electron chi connectivity index (χ2n) is 5.63. The van der Waals surface area contributed by atoms with E-state index in [1.165, 1.54) is 42.5 Å². The fourth-order valence-electron chi connectivity index (χ4n) is 2.29. The molecule has 0 saturated heterocycles. The Hall–Kier alpha value is -2.28. The normalized spacial score (nSPS) is 14.8. The van der Waals surface area contributed by atoms with Crippen LogP contribution in [-0.2, 0) is 9.59 Å². The molecule has 0 heterocycles. The highest BCUT2D eigenvalue weighted by Gasteiger charge is 2.56. The van der Waals surface area contributed by atoms with Crippen molar-refractivity contribution in [3.8, 4) is 0 Å². The molecule has 0 spiro atoms. The summed E-state index contributed by atoms with van der Waals surface area (Å²) in [4.78, 5) is 24.8. The summed E-state index contributed by atoms with van der Waals surface area (Å²) in [7, 11) is 0. The van der Waals surface area contributed by atoms with Crippen LogP contribution in [0.25, 0.3) is 0 Å². The van der Waals surface area contributed by atoms with Crippen molar-refractivity contribution in [3.05, 3.63) is 58.6 Å². The maximum Gasteiger partial charge on any atom is 0.240 e. The van der Waals surface area contributed by atoms with E-state index >= 15 is 0 Å². The third-order valence-electron chi connectivity index (χ3n) is 3.90. The van der Waals surface area contributed by atoms with Gasteiger partial charge in [-0.1, -0.05) is 0 Å². The number of rotatable bonds is 4. The van der Waals surface area contributed by atoms with Gasteiger partial charge in [-0.05, 0) is 71.2 Å². The lowest BCUT2D eigenvalue weighted by Gasteiger charge is -2.15. The summed E-state index contributed by atoms with van der Waals surface area (Å²) in [5.74, 6) is -1.73. The molecule has 1 aliphatic rings. The van der Waals surface area contributed by atoms with E-state index in [0.29, 0.717) is 24.2 Å². The molecule has 0 radical (unpaired) electrons. The maximum atomic E-state index is 13.2. The zero-order chi connectivity index (χ0) is 17.3. The molecule has 2 aromatic carbocycles. The number of halogens is 3. The van der Waals surface area contributed by atoms with Gasteiger partial charge in [0.25, 0.3) is 0 Å². The van der Waals surface area contributed by atoms with E-state index in [4.69, 9.17) is 0 Å². The molecule has 0 aromatic heterocycles. The molecular weight excluding hydrogens is 382 g/mol. The minimum absolute atomic E-state index is 0.223. The molecule has 1 fully saturated rings. The lowest BCUT2D eigenvalue weighted by atomic mass is 10.0. The summed E-state index contributed by atoms with van der Waals surface area (Å²) < 4.78 is 26.3. The molecule has 0 bridgehead atoms. The van der Waals surface area contributed by atoms with Gasteiger partial charge in [0.2, 0.25) is 11.8 Å². The molecule has 7 heteroatoms. The van der Waals surface area contributed by atoms with Crippen LogP contribution in [0.2, 0.25) is 0 Å². The van der Waals surface area contributed by atoms with Crippen molar-refractivity contribution in [2.45, 2.75) is 12.8 Å². The van der Waals surface area contributed by atoms with Crippen molar-refractivity contribution in [1.82, 2.24) is 0 Å². The van der Waals surface area contributed by atoms with Gasteiger partial charge in [0, 0.05) is 11.4 Å². The summed E-state index contributed by atoms with van der Waals surface area (Å²) in [6.07, 6.45) is 0.850. The summed E-state index contributed by atoms with van der Waals surface area (Å²) in [5, 5.41) is 5.26. The Morgan fingerprint density at radius 3 is 2.00 bits per heavy atom. The zero-order valence-electron chi connectivity index (χ0n) is 12.4. The van der Waals surface area contributed by atoms with Gasteiger partial charge in [0.05, 0.1) is 4.47 Å². The SMILES string of the molecule is O=C(Nc1ccc(F)cc1)C1(C(=O)Nc2ccc(F)c(Br)c2)CC1. The number of hydrogen-bond donors (Lipinski definition) is 2. The number of carbonyl (C=O) groups excluding carboxylic acids is 2. The first-order chi connectivity index (χ1) is 11.4. The third-order valence-corrected chi connectivity index (χ3v) is 4.51. The highest BCUT2D eigenvalue weighted by Crippen LogP contribution is 2.47. The van der Waals surface area contributed by atoms with E-state index in [1.807, 2.05) is 0 Å². The van der Waals surface area contributed by atoms with Gasteiger partial charge in [0.1, 0.15) is 17.0 Å². The van der Waals surface area contributed by atoms with Crippen LogP contribution < -0.4 is 10.6 Å². The Balaban J connectivity index is 1.70. The van der Waals surface area contributed by atoms with Crippen LogP contribution in [0.4, 0.5) is 20.2 Å². The van der Waals surface area contributed by atoms with Gasteiger partial charge < -0.3 is 10.6 Å². The predicted molar refractivity (Wildman–Crippen MR) is 89.4 cm³/mol. The van der Waals surface area contributed by atoms with Crippen molar-refractivity contribution in [2.24, 2.45) is 5.41 Å². The van der Waals surface area contributed by atoms with E-state index in [0.717, 1.165) is 0 Å². The average Bonchev–Trinajstić information content (AvgIpc) is 3.35. The molecule has 4 nitrogen and oxygen atoms in total. The second-order valence-corrected chi connectivity index (χ2v) is 6.48. The van der Waals surface area contributed by atoms with Gasteiger partial charge >= 0.3 is 0 Å². The lowest BCUT2D eigenvalue weighted by Crippen LogP contribution is -2.35. The first kappa shape index (κ1) is 16.6. The van der Waals surface area contributed by atoms with Gasteiger partial charge in [-0.3, -0.25) is 9.59 Å². The van der Waals surface area contributed by atoms with E-state index in [1.54, 1.807) is 0 Å². The molecule has 124 valence electrons. The number of nitrogens with one attached hydrogen (secondary N) is 2. The monoisotopic (exact) mass is 394 g/mol. The van der Waals surface area contributed by atoms with E-state index in [-0.39, 0.29) is 4.47 Å². The molecule has 2 aromatic rings. The Bertz CT molecular complexity index is 805. The highest BCUT2D eigenvalue weighted by molar-refractivity contribution is 9.10. The molecule has 0 aliphatic heterocycles. The first-order valence-corrected chi connectivity index (χ1v) is 8.03. The third kappa shape index (κ3) is 3.31. The van der Waals surface area contributed by atoms with Crippen LogP contribution in [0.5, 0.6) is 0 Å². The number of amides is 2. The number of carbonyl (C=O) groups is 2. The largest absolute Gasteiger partial charge is 0.325 e. The van der Waals surface area contributed by atoms with E-state index in [2.05, 4.69) is 26.6 Å². The van der Waals surface area contributed by atoms with Crippen molar-refractivity contribution in [2.75, 3.05) is 10.6 Å². The molecule has 0 atom stereocenters. The molecule has 0 unspecified atom stereocenters. The number of hydrogen-bond acceptors (Lipinski definition) is 2. The van der Waals surface area contributed by atoms with Crippen molar-refractivity contribution < 1.29 is 18.4 Å². The fraction of sp³-hybridized carbons (Fsp3) is 0.176. The van der Waals surface area contributed by atoms with Crippen LogP contribution in [0.3, 0.4) is 0 Å². The Morgan fingerprint density at radius 2 is 1.46 bits per heavy atom. The molecule has 1 saturated carbocycles. The van der Waals surface area contributed by atoms with Crippen LogP contribution >= 0.6 is 15.9 Å². The maximum absolute atomic E-state index is 13.2. The van der Waals surface area contributed by atoms with Gasteiger partial charge in [-0.15, -0.1) is 0 Å². The van der Waals surface area contributed by atoms with Gasteiger partial charge in [-0.25, -0.2) is 8.78 Å². The van der Waals surface area contributed by atoms with Crippen LogP contribution in [0, 0.1) is 17.0 Å². The topological polar surface area (TPSA) is 58.2 Å². The zero-order valence-corrected chi connectivity index (χ0v) is 14.0. The van der Waals surface area contributed by atoms with Crippen molar-refractivity contribution in [1.29, 1.82) is 0 Å². The van der Waals surface area contributed by atoms with E-state index < -0.39 is 28.9 Å². The van der Waals surface area contributed by atoms with Gasteiger partial charge in [0.15, 0.2) is 0 Å². The first-order valence-electron chi connectivity index (χ1n) is 7.24. The van der Waals surface area contributed by atoms with Crippen LogP contribution in [0.1, 0.15) is 12.8 Å². The molecule has 2 amide bonds. The molecule has 1 aliphatic carbocycles. The smallest absolute Gasteiger partial charge is 0.240 e. The lowest BCUT2D eigenvalue weighted by molar-refractivity contribution is -0.131. The van der Waals surface area contributed by atoms with Crippen LogP contribution in [0.15, 0.2) is 46.9 Å². The van der Waals surface area contributed by atoms with Crippen molar-refractivity contribution in [3.63, 3.8) is 0 Å². The predicted octanol–water partition coefficient (Wildman–Crippen LogP) is 4.08. The Kier molecular flexibility index (Phi) is 4.36. The molecule has 3 rings (SSSR count). The Labute approximate surface area is 145 Å². The average molecular weight is 395 g/mol. The Morgan fingerprint density at radius 1 is 0.917 bits per heavy atom. The minimum Gasteiger partial charge on any atom is -0.325 e. The second kappa shape index (κ2) is 6.32. The van der Waals surface area contributed by atoms with Gasteiger partial charge in [-0.2, -0.15) is 0 Å². The highest BCUT2D eigenvalue weighted by atomic mass is 79.9. The standard InChI is InChI=1S/C17H13BrF2N2O2/c18-13-9-12(5-6-14(13)20)22-16(24)17(7-8-17)15(23)21-11-3-1-10(19)2-4-11/h1-6,9H,7-8H2,(H,21,23)(H,22,24). The molecule has 2 N–H and O–H groups in total. The summed E-state index contributed by atoms with van der Waals surface area (Å²) in [6, 6.07) is 9.39. The summed E-state index contributed by atoms with van der Waals surface area (Å²) >= 11 is 3.04. The summed E-state index contributed by atoms with van der Waals surface area (Å²) in [5.41, 5.74) is -0.325. The van der Waals surface area contributed by atoms with Crippen molar-refractivity contribution >= 4 is 39.1 Å².